The zero-order valence-electron chi connectivity index (χ0n) is 10.9. The van der Waals surface area contributed by atoms with Crippen LogP contribution in [0.1, 0.15) is 18.0 Å². The number of rotatable bonds is 7. The molecule has 0 radical (unpaired) electrons. The van der Waals surface area contributed by atoms with Crippen molar-refractivity contribution in [1.82, 2.24) is 4.90 Å². The van der Waals surface area contributed by atoms with Gasteiger partial charge < -0.3 is 10.8 Å². The van der Waals surface area contributed by atoms with Crippen LogP contribution in [0.4, 0.5) is 13.2 Å². The molecule has 0 fully saturated rings. The number of hydrogen-bond donors (Lipinski definition) is 2. The molecule has 3 nitrogen and oxygen atoms in total. The molecule has 0 bridgehead atoms. The molecule has 20 heavy (non-hydrogen) atoms. The summed E-state index contributed by atoms with van der Waals surface area (Å²) in [6.07, 6.45) is -3.95. The first kappa shape index (κ1) is 17.2. The van der Waals surface area contributed by atoms with E-state index in [1.165, 1.54) is 0 Å². The first-order valence-corrected chi connectivity index (χ1v) is 6.61. The van der Waals surface area contributed by atoms with Crippen LogP contribution in [0.5, 0.6) is 0 Å². The molecular weight excluding hydrogens is 293 g/mol. The number of nitrogens with zero attached hydrogens (tertiary/aromatic N) is 1. The fourth-order valence-corrected chi connectivity index (χ4v) is 2.19. The lowest BCUT2D eigenvalue weighted by molar-refractivity contribution is -0.146. The van der Waals surface area contributed by atoms with E-state index in [0.717, 1.165) is 4.90 Å². The molecule has 0 aliphatic carbocycles. The minimum Gasteiger partial charge on any atom is -0.395 e. The molecule has 0 aliphatic rings. The maximum atomic E-state index is 12.4. The fourth-order valence-electron chi connectivity index (χ4n) is 1.92. The third-order valence-electron chi connectivity index (χ3n) is 2.88. The van der Waals surface area contributed by atoms with E-state index in [1.807, 2.05) is 0 Å². The van der Waals surface area contributed by atoms with Crippen LogP contribution in [-0.4, -0.2) is 42.4 Å². The molecule has 1 unspecified atom stereocenters. The molecule has 114 valence electrons. The van der Waals surface area contributed by atoms with Gasteiger partial charge in [0.25, 0.3) is 0 Å². The van der Waals surface area contributed by atoms with E-state index >= 15 is 0 Å². The Balaban J connectivity index is 2.56. The Labute approximate surface area is 121 Å². The van der Waals surface area contributed by atoms with Crippen molar-refractivity contribution in [3.63, 3.8) is 0 Å². The van der Waals surface area contributed by atoms with Gasteiger partial charge in [0.15, 0.2) is 0 Å². The highest BCUT2D eigenvalue weighted by Crippen LogP contribution is 2.24. The summed E-state index contributed by atoms with van der Waals surface area (Å²) in [6.45, 7) is -1.26. The zero-order valence-corrected chi connectivity index (χ0v) is 11.7. The Morgan fingerprint density at radius 3 is 2.45 bits per heavy atom. The number of nitrogens with two attached hydrogens (primary N) is 1. The number of benzene rings is 1. The SMILES string of the molecule is NC(CCN(CCO)CC(F)(F)F)c1ccccc1Cl. The standard InChI is InChI=1S/C13H18ClF3N2O/c14-11-4-2-1-3-10(11)12(18)5-6-19(7-8-20)9-13(15,16)17/h1-4,12,20H,5-9,18H2. The second-order valence-corrected chi connectivity index (χ2v) is 4.94. The molecule has 1 aromatic carbocycles. The minimum absolute atomic E-state index is 0.0330. The van der Waals surface area contributed by atoms with Gasteiger partial charge in [-0.05, 0) is 18.1 Å². The van der Waals surface area contributed by atoms with E-state index in [2.05, 4.69) is 0 Å². The van der Waals surface area contributed by atoms with Gasteiger partial charge >= 0.3 is 6.18 Å². The molecule has 0 saturated heterocycles. The van der Waals surface area contributed by atoms with E-state index < -0.39 is 18.8 Å². The number of alkyl halides is 3. The molecule has 1 aromatic rings. The Kier molecular flexibility index (Phi) is 6.75. The summed E-state index contributed by atoms with van der Waals surface area (Å²) in [5.74, 6) is 0. The maximum Gasteiger partial charge on any atom is 0.401 e. The third-order valence-corrected chi connectivity index (χ3v) is 3.22. The summed E-state index contributed by atoms with van der Waals surface area (Å²) in [7, 11) is 0. The molecule has 7 heteroatoms. The molecule has 0 amide bonds. The molecule has 1 rings (SSSR count). The summed E-state index contributed by atoms with van der Waals surface area (Å²) in [4.78, 5) is 1.14. The van der Waals surface area contributed by atoms with Crippen LogP contribution in [0, 0.1) is 0 Å². The number of aliphatic hydroxyl groups is 1. The van der Waals surface area contributed by atoms with Crippen LogP contribution in [0.3, 0.4) is 0 Å². The molecule has 1 atom stereocenters. The van der Waals surface area contributed by atoms with Gasteiger partial charge in [-0.1, -0.05) is 29.8 Å². The van der Waals surface area contributed by atoms with E-state index in [9.17, 15) is 13.2 Å². The predicted molar refractivity (Wildman–Crippen MR) is 72.6 cm³/mol. The van der Waals surface area contributed by atoms with Gasteiger partial charge in [-0.25, -0.2) is 0 Å². The van der Waals surface area contributed by atoms with Crippen molar-refractivity contribution in [2.75, 3.05) is 26.2 Å². The lowest BCUT2D eigenvalue weighted by Gasteiger charge is -2.24. The van der Waals surface area contributed by atoms with Crippen molar-refractivity contribution in [3.05, 3.63) is 34.9 Å². The molecule has 0 aromatic heterocycles. The highest BCUT2D eigenvalue weighted by Gasteiger charge is 2.30. The van der Waals surface area contributed by atoms with E-state index in [1.54, 1.807) is 24.3 Å². The van der Waals surface area contributed by atoms with Crippen LogP contribution < -0.4 is 5.73 Å². The Hall–Kier alpha value is -0.820. The smallest absolute Gasteiger partial charge is 0.395 e. The Morgan fingerprint density at radius 1 is 1.25 bits per heavy atom. The van der Waals surface area contributed by atoms with Crippen molar-refractivity contribution in [2.45, 2.75) is 18.6 Å². The lowest BCUT2D eigenvalue weighted by atomic mass is 10.0. The van der Waals surface area contributed by atoms with Gasteiger partial charge in [0.1, 0.15) is 0 Å². The van der Waals surface area contributed by atoms with Gasteiger partial charge in [0.05, 0.1) is 13.2 Å². The Bertz CT molecular complexity index is 415. The van der Waals surface area contributed by atoms with Crippen molar-refractivity contribution < 1.29 is 18.3 Å². The molecule has 3 N–H and O–H groups in total. The van der Waals surface area contributed by atoms with Crippen molar-refractivity contribution >= 4 is 11.6 Å². The highest BCUT2D eigenvalue weighted by atomic mass is 35.5. The maximum absolute atomic E-state index is 12.4. The highest BCUT2D eigenvalue weighted by molar-refractivity contribution is 6.31. The summed E-state index contributed by atoms with van der Waals surface area (Å²) in [5.41, 5.74) is 6.66. The second kappa shape index (κ2) is 7.83. The lowest BCUT2D eigenvalue weighted by Crippen LogP contribution is -2.37. The molecule has 0 saturated carbocycles. The van der Waals surface area contributed by atoms with E-state index in [0.29, 0.717) is 17.0 Å². The quantitative estimate of drug-likeness (QED) is 0.814. The van der Waals surface area contributed by atoms with Crippen LogP contribution in [-0.2, 0) is 0 Å². The second-order valence-electron chi connectivity index (χ2n) is 4.53. The average molecular weight is 311 g/mol. The van der Waals surface area contributed by atoms with Gasteiger partial charge in [-0.15, -0.1) is 0 Å². The van der Waals surface area contributed by atoms with Crippen molar-refractivity contribution in [3.8, 4) is 0 Å². The van der Waals surface area contributed by atoms with Crippen molar-refractivity contribution in [2.24, 2.45) is 5.73 Å². The molecule has 0 spiro atoms. The largest absolute Gasteiger partial charge is 0.401 e. The topological polar surface area (TPSA) is 49.5 Å². The summed E-state index contributed by atoms with van der Waals surface area (Å²) < 4.78 is 37.1. The normalized spacial score (nSPS) is 13.8. The van der Waals surface area contributed by atoms with Crippen LogP contribution in [0.15, 0.2) is 24.3 Å². The van der Waals surface area contributed by atoms with E-state index in [4.69, 9.17) is 22.4 Å². The van der Waals surface area contributed by atoms with Crippen LogP contribution in [0.2, 0.25) is 5.02 Å². The summed E-state index contributed by atoms with van der Waals surface area (Å²) in [5, 5.41) is 9.30. The molecular formula is C13H18ClF3N2O. The fraction of sp³-hybridized carbons (Fsp3) is 0.538. The van der Waals surface area contributed by atoms with Gasteiger partial charge in [-0.2, -0.15) is 13.2 Å². The monoisotopic (exact) mass is 310 g/mol. The molecule has 0 aliphatic heterocycles. The van der Waals surface area contributed by atoms with Gasteiger partial charge in [-0.3, -0.25) is 4.90 Å². The Morgan fingerprint density at radius 2 is 1.90 bits per heavy atom. The third kappa shape index (κ3) is 6.09. The first-order chi connectivity index (χ1) is 9.33. The molecule has 0 heterocycles. The number of aliphatic hydroxyl groups excluding tert-OH is 1. The van der Waals surface area contributed by atoms with E-state index in [-0.39, 0.29) is 19.7 Å². The van der Waals surface area contributed by atoms with Gasteiger partial charge in [0, 0.05) is 24.2 Å². The van der Waals surface area contributed by atoms with Crippen LogP contribution in [0.25, 0.3) is 0 Å². The number of halogens is 4. The summed E-state index contributed by atoms with van der Waals surface area (Å²) in [6, 6.07) is 6.56. The average Bonchev–Trinajstić information content (AvgIpc) is 2.34. The predicted octanol–water partition coefficient (Wildman–Crippen LogP) is 2.59. The van der Waals surface area contributed by atoms with Gasteiger partial charge in [0.2, 0.25) is 0 Å². The van der Waals surface area contributed by atoms with Crippen molar-refractivity contribution in [1.29, 1.82) is 0 Å². The zero-order chi connectivity index (χ0) is 15.2. The van der Waals surface area contributed by atoms with Crippen LogP contribution >= 0.6 is 11.6 Å². The number of hydrogen-bond acceptors (Lipinski definition) is 3. The summed E-state index contributed by atoms with van der Waals surface area (Å²) >= 11 is 5.99. The first-order valence-electron chi connectivity index (χ1n) is 6.23. The minimum atomic E-state index is -4.29.